The molecule has 0 aliphatic heterocycles. The number of esters is 1. The fourth-order valence-corrected chi connectivity index (χ4v) is 3.86. The van der Waals surface area contributed by atoms with E-state index in [1.165, 1.54) is 32.8 Å². The van der Waals surface area contributed by atoms with E-state index < -0.39 is 0 Å². The minimum Gasteiger partial charge on any atom is -0.469 e. The smallest absolute Gasteiger partial charge is 0.311 e. The number of carbonyl (C=O) groups is 1. The van der Waals surface area contributed by atoms with Crippen molar-refractivity contribution in [2.75, 3.05) is 13.7 Å². The van der Waals surface area contributed by atoms with Crippen LogP contribution in [0.15, 0.2) is 0 Å². The van der Waals surface area contributed by atoms with Gasteiger partial charge < -0.3 is 9.84 Å². The lowest BCUT2D eigenvalue weighted by molar-refractivity contribution is -0.160. The number of rotatable bonds is 3. The molecule has 0 amide bonds. The van der Waals surface area contributed by atoms with Crippen LogP contribution < -0.4 is 0 Å². The van der Waals surface area contributed by atoms with Gasteiger partial charge in [-0.15, -0.1) is 0 Å². The quantitative estimate of drug-likeness (QED) is 0.750. The van der Waals surface area contributed by atoms with Crippen molar-refractivity contribution >= 4 is 5.97 Å². The fourth-order valence-electron chi connectivity index (χ4n) is 3.86. The molecule has 16 heavy (non-hydrogen) atoms. The summed E-state index contributed by atoms with van der Waals surface area (Å²) in [6.07, 6.45) is 7.53. The molecule has 2 atom stereocenters. The number of methoxy groups -OCH3 is 1. The zero-order valence-electron chi connectivity index (χ0n) is 10.1. The highest BCUT2D eigenvalue weighted by molar-refractivity contribution is 5.77. The summed E-state index contributed by atoms with van der Waals surface area (Å²) in [5.41, 5.74) is -0.377. The minimum atomic E-state index is -0.377. The molecule has 2 bridgehead atoms. The van der Waals surface area contributed by atoms with Crippen LogP contribution in [0, 0.1) is 17.3 Å². The molecule has 0 aromatic carbocycles. The van der Waals surface area contributed by atoms with Crippen molar-refractivity contribution in [3.8, 4) is 0 Å². The van der Waals surface area contributed by atoms with Gasteiger partial charge in [-0.3, -0.25) is 4.79 Å². The molecule has 3 nitrogen and oxygen atoms in total. The standard InChI is InChI=1S/C13H22O3/c1-16-12(15)13(5-6-14)8-10-3-2-4-11(7-10)9-13/h10-11,14H,2-9H2,1H3. The van der Waals surface area contributed by atoms with E-state index in [1.54, 1.807) is 0 Å². The topological polar surface area (TPSA) is 46.5 Å². The normalized spacial score (nSPS) is 38.1. The Kier molecular flexibility index (Phi) is 3.53. The minimum absolute atomic E-state index is 0.0918. The van der Waals surface area contributed by atoms with E-state index in [0.717, 1.165) is 12.8 Å². The Morgan fingerprint density at radius 2 is 2.00 bits per heavy atom. The van der Waals surface area contributed by atoms with Crippen molar-refractivity contribution in [3.05, 3.63) is 0 Å². The lowest BCUT2D eigenvalue weighted by atomic mass is 9.59. The van der Waals surface area contributed by atoms with Gasteiger partial charge in [-0.2, -0.15) is 0 Å². The van der Waals surface area contributed by atoms with Gasteiger partial charge in [0.25, 0.3) is 0 Å². The van der Waals surface area contributed by atoms with Crippen LogP contribution in [-0.4, -0.2) is 24.8 Å². The van der Waals surface area contributed by atoms with Crippen LogP contribution >= 0.6 is 0 Å². The van der Waals surface area contributed by atoms with Crippen LogP contribution in [0.3, 0.4) is 0 Å². The fraction of sp³-hybridized carbons (Fsp3) is 0.923. The number of hydrogen-bond acceptors (Lipinski definition) is 3. The summed E-state index contributed by atoms with van der Waals surface area (Å²) in [4.78, 5) is 12.0. The van der Waals surface area contributed by atoms with E-state index in [2.05, 4.69) is 0 Å². The van der Waals surface area contributed by atoms with Gasteiger partial charge in [0, 0.05) is 6.61 Å². The Morgan fingerprint density at radius 1 is 1.38 bits per heavy atom. The third-order valence-electron chi connectivity index (χ3n) is 4.46. The number of carbonyl (C=O) groups excluding carboxylic acids is 1. The molecule has 1 N–H and O–H groups in total. The third kappa shape index (κ3) is 2.10. The van der Waals surface area contributed by atoms with Gasteiger partial charge in [-0.1, -0.05) is 19.3 Å². The molecule has 2 aliphatic carbocycles. The monoisotopic (exact) mass is 226 g/mol. The van der Waals surface area contributed by atoms with Gasteiger partial charge in [-0.25, -0.2) is 0 Å². The summed E-state index contributed by atoms with van der Waals surface area (Å²) in [6.45, 7) is 0.0918. The van der Waals surface area contributed by atoms with Crippen molar-refractivity contribution in [1.29, 1.82) is 0 Å². The molecule has 2 fully saturated rings. The van der Waals surface area contributed by atoms with Crippen molar-refractivity contribution in [1.82, 2.24) is 0 Å². The molecule has 0 heterocycles. The van der Waals surface area contributed by atoms with Crippen molar-refractivity contribution in [2.24, 2.45) is 17.3 Å². The van der Waals surface area contributed by atoms with E-state index >= 15 is 0 Å². The molecule has 3 heteroatoms. The molecule has 2 aliphatic rings. The second-order valence-electron chi connectivity index (χ2n) is 5.55. The molecule has 2 saturated carbocycles. The first-order valence-corrected chi connectivity index (χ1v) is 6.39. The maximum atomic E-state index is 12.0. The Labute approximate surface area is 97.2 Å². The number of aliphatic hydroxyl groups is 1. The molecular weight excluding hydrogens is 204 g/mol. The largest absolute Gasteiger partial charge is 0.469 e. The first-order chi connectivity index (χ1) is 7.70. The number of fused-ring (bicyclic) bond motifs is 2. The predicted molar refractivity (Wildman–Crippen MR) is 60.8 cm³/mol. The highest BCUT2D eigenvalue weighted by Gasteiger charge is 2.47. The van der Waals surface area contributed by atoms with Crippen molar-refractivity contribution in [3.63, 3.8) is 0 Å². The van der Waals surface area contributed by atoms with Crippen LogP contribution in [0.2, 0.25) is 0 Å². The maximum absolute atomic E-state index is 12.0. The predicted octanol–water partition coefficient (Wildman–Crippen LogP) is 2.13. The van der Waals surface area contributed by atoms with E-state index in [-0.39, 0.29) is 18.0 Å². The zero-order chi connectivity index (χ0) is 11.6. The van der Waals surface area contributed by atoms with Crippen LogP contribution in [0.1, 0.15) is 44.9 Å². The van der Waals surface area contributed by atoms with Crippen LogP contribution in [0.25, 0.3) is 0 Å². The van der Waals surface area contributed by atoms with Gasteiger partial charge in [0.05, 0.1) is 12.5 Å². The summed E-state index contributed by atoms with van der Waals surface area (Å²) >= 11 is 0. The van der Waals surface area contributed by atoms with Crippen LogP contribution in [0.4, 0.5) is 0 Å². The van der Waals surface area contributed by atoms with Crippen molar-refractivity contribution in [2.45, 2.75) is 44.9 Å². The highest BCUT2D eigenvalue weighted by Crippen LogP contribution is 2.50. The summed E-state index contributed by atoms with van der Waals surface area (Å²) in [6, 6.07) is 0. The summed E-state index contributed by atoms with van der Waals surface area (Å²) < 4.78 is 4.96. The zero-order valence-corrected chi connectivity index (χ0v) is 10.1. The first kappa shape index (κ1) is 11.9. The van der Waals surface area contributed by atoms with E-state index in [4.69, 9.17) is 4.74 Å². The molecule has 0 aromatic heterocycles. The molecule has 2 rings (SSSR count). The van der Waals surface area contributed by atoms with Crippen LogP contribution in [0.5, 0.6) is 0 Å². The molecule has 0 aromatic rings. The number of aliphatic hydroxyl groups excluding tert-OH is 1. The Hall–Kier alpha value is -0.570. The Bertz CT molecular complexity index is 250. The average Bonchev–Trinajstić information content (AvgIpc) is 2.28. The van der Waals surface area contributed by atoms with E-state index in [9.17, 15) is 9.90 Å². The molecule has 2 unspecified atom stereocenters. The van der Waals surface area contributed by atoms with E-state index in [1.807, 2.05) is 0 Å². The third-order valence-corrected chi connectivity index (χ3v) is 4.46. The lowest BCUT2D eigenvalue weighted by Gasteiger charge is -2.45. The molecule has 92 valence electrons. The van der Waals surface area contributed by atoms with Gasteiger partial charge >= 0.3 is 5.97 Å². The maximum Gasteiger partial charge on any atom is 0.311 e. The molecule has 0 radical (unpaired) electrons. The summed E-state index contributed by atoms with van der Waals surface area (Å²) in [5, 5.41) is 9.18. The van der Waals surface area contributed by atoms with Gasteiger partial charge in [0.2, 0.25) is 0 Å². The first-order valence-electron chi connectivity index (χ1n) is 6.39. The average molecular weight is 226 g/mol. The summed E-state index contributed by atoms with van der Waals surface area (Å²) in [5.74, 6) is 1.26. The second kappa shape index (κ2) is 4.74. The second-order valence-corrected chi connectivity index (χ2v) is 5.55. The van der Waals surface area contributed by atoms with Gasteiger partial charge in [-0.05, 0) is 37.5 Å². The van der Waals surface area contributed by atoms with Crippen molar-refractivity contribution < 1.29 is 14.6 Å². The molecule has 0 saturated heterocycles. The van der Waals surface area contributed by atoms with Gasteiger partial charge in [0.15, 0.2) is 0 Å². The van der Waals surface area contributed by atoms with Crippen LogP contribution in [-0.2, 0) is 9.53 Å². The lowest BCUT2D eigenvalue weighted by Crippen LogP contribution is -2.42. The Morgan fingerprint density at radius 3 is 2.50 bits per heavy atom. The summed E-state index contributed by atoms with van der Waals surface area (Å²) in [7, 11) is 1.46. The molecule has 0 spiro atoms. The number of ether oxygens (including phenoxy) is 1. The highest BCUT2D eigenvalue weighted by atomic mass is 16.5. The van der Waals surface area contributed by atoms with Gasteiger partial charge in [0.1, 0.15) is 0 Å². The van der Waals surface area contributed by atoms with E-state index in [0.29, 0.717) is 18.3 Å². The number of hydrogen-bond donors (Lipinski definition) is 1. The Balaban J connectivity index is 2.15. The SMILES string of the molecule is COC(=O)C1(CCO)CC2CCCC(C2)C1. The molecular formula is C13H22O3.